The minimum atomic E-state index is -0.699. The predicted molar refractivity (Wildman–Crippen MR) is 42.6 cm³/mol. The zero-order valence-electron chi connectivity index (χ0n) is 6.08. The lowest BCUT2D eigenvalue weighted by molar-refractivity contribution is -0.146. The average Bonchev–Trinajstić information content (AvgIpc) is 2.52. The number of rotatable bonds is 3. The summed E-state index contributed by atoms with van der Waals surface area (Å²) in [6.45, 7) is 1.54. The molecule has 0 aromatic carbocycles. The van der Waals surface area contributed by atoms with Crippen molar-refractivity contribution in [1.29, 1.82) is 0 Å². The van der Waals surface area contributed by atoms with Crippen molar-refractivity contribution in [2.75, 3.05) is 25.5 Å². The molecule has 64 valence electrons. The van der Waals surface area contributed by atoms with Crippen molar-refractivity contribution in [2.45, 2.75) is 6.29 Å². The Morgan fingerprint density at radius 3 is 2.73 bits per heavy atom. The highest BCUT2D eigenvalue weighted by atomic mass is 32.1. The molecule has 0 aliphatic carbocycles. The molecule has 4 nitrogen and oxygen atoms in total. The smallest absolute Gasteiger partial charge is 0.277 e. The van der Waals surface area contributed by atoms with Crippen LogP contribution in [0.3, 0.4) is 0 Å². The quantitative estimate of drug-likeness (QED) is 0.566. The van der Waals surface area contributed by atoms with E-state index in [0.29, 0.717) is 25.5 Å². The maximum Gasteiger partial charge on any atom is 0.277 e. The number of amides is 1. The minimum absolute atomic E-state index is 0.212. The Hall–Kier alpha value is -0.260. The zero-order chi connectivity index (χ0) is 8.10. The molecule has 0 bridgehead atoms. The van der Waals surface area contributed by atoms with Gasteiger partial charge in [-0.3, -0.25) is 4.79 Å². The van der Waals surface area contributed by atoms with Crippen LogP contribution in [-0.2, 0) is 14.3 Å². The molecule has 0 aromatic rings. The fourth-order valence-electron chi connectivity index (χ4n) is 0.772. The third kappa shape index (κ3) is 2.69. The lowest BCUT2D eigenvalue weighted by Crippen LogP contribution is -2.36. The van der Waals surface area contributed by atoms with Crippen LogP contribution in [0.25, 0.3) is 0 Å². The molecule has 1 saturated heterocycles. The lowest BCUT2D eigenvalue weighted by Gasteiger charge is -2.07. The Labute approximate surface area is 70.7 Å². The maximum absolute atomic E-state index is 11.0. The molecule has 0 spiro atoms. The van der Waals surface area contributed by atoms with E-state index in [9.17, 15) is 4.79 Å². The van der Waals surface area contributed by atoms with E-state index in [1.54, 1.807) is 0 Å². The van der Waals surface area contributed by atoms with Crippen LogP contribution in [-0.4, -0.2) is 37.7 Å². The summed E-state index contributed by atoms with van der Waals surface area (Å²) in [6.07, 6.45) is -0.699. The van der Waals surface area contributed by atoms with Gasteiger partial charge in [-0.05, 0) is 0 Å². The zero-order valence-corrected chi connectivity index (χ0v) is 6.97. The topological polar surface area (TPSA) is 47.6 Å². The van der Waals surface area contributed by atoms with Crippen molar-refractivity contribution < 1.29 is 14.3 Å². The number of thiol groups is 1. The molecule has 0 aromatic heterocycles. The summed E-state index contributed by atoms with van der Waals surface area (Å²) in [6, 6.07) is 0. The van der Waals surface area contributed by atoms with Crippen molar-refractivity contribution in [3.63, 3.8) is 0 Å². The molecule has 1 amide bonds. The van der Waals surface area contributed by atoms with Gasteiger partial charge in [0.05, 0.1) is 13.2 Å². The number of ether oxygens (including phenoxy) is 2. The molecule has 1 fully saturated rings. The Morgan fingerprint density at radius 1 is 1.55 bits per heavy atom. The molecule has 1 N–H and O–H groups in total. The first-order chi connectivity index (χ1) is 5.34. The van der Waals surface area contributed by atoms with E-state index in [1.807, 2.05) is 0 Å². The van der Waals surface area contributed by atoms with Gasteiger partial charge >= 0.3 is 0 Å². The van der Waals surface area contributed by atoms with Crippen LogP contribution in [0.5, 0.6) is 0 Å². The third-order valence-electron chi connectivity index (χ3n) is 1.25. The van der Waals surface area contributed by atoms with Crippen molar-refractivity contribution in [1.82, 2.24) is 5.32 Å². The highest BCUT2D eigenvalue weighted by molar-refractivity contribution is 7.80. The van der Waals surface area contributed by atoms with E-state index in [-0.39, 0.29) is 5.91 Å². The van der Waals surface area contributed by atoms with E-state index in [2.05, 4.69) is 17.9 Å². The van der Waals surface area contributed by atoms with E-state index < -0.39 is 6.29 Å². The molecule has 0 atom stereocenters. The second kappa shape index (κ2) is 4.58. The summed E-state index contributed by atoms with van der Waals surface area (Å²) in [4.78, 5) is 11.0. The molecule has 0 unspecified atom stereocenters. The summed E-state index contributed by atoms with van der Waals surface area (Å²) in [5, 5.41) is 2.61. The van der Waals surface area contributed by atoms with Crippen molar-refractivity contribution in [3.8, 4) is 0 Å². The third-order valence-corrected chi connectivity index (χ3v) is 1.47. The van der Waals surface area contributed by atoms with Gasteiger partial charge in [0.15, 0.2) is 0 Å². The molecule has 1 aliphatic heterocycles. The first kappa shape index (κ1) is 8.83. The number of nitrogens with one attached hydrogen (secondary N) is 1. The summed E-state index contributed by atoms with van der Waals surface area (Å²) < 4.78 is 9.91. The summed E-state index contributed by atoms with van der Waals surface area (Å²) >= 11 is 3.94. The predicted octanol–water partition coefficient (Wildman–Crippen LogP) is -0.595. The fraction of sp³-hybridized carbons (Fsp3) is 0.833. The van der Waals surface area contributed by atoms with Crippen LogP contribution in [0, 0.1) is 0 Å². The van der Waals surface area contributed by atoms with E-state index in [0.717, 1.165) is 0 Å². The van der Waals surface area contributed by atoms with Crippen molar-refractivity contribution in [2.24, 2.45) is 0 Å². The first-order valence-electron chi connectivity index (χ1n) is 3.46. The second-order valence-corrected chi connectivity index (χ2v) is 2.54. The number of carbonyl (C=O) groups excluding carboxylic acids is 1. The molecule has 1 heterocycles. The van der Waals surface area contributed by atoms with Crippen LogP contribution in [0.15, 0.2) is 0 Å². The van der Waals surface area contributed by atoms with Gasteiger partial charge in [-0.25, -0.2) is 0 Å². The van der Waals surface area contributed by atoms with Gasteiger partial charge in [0, 0.05) is 12.3 Å². The molecule has 5 heteroatoms. The highest BCUT2D eigenvalue weighted by Crippen LogP contribution is 2.02. The number of carbonyl (C=O) groups is 1. The Kier molecular flexibility index (Phi) is 3.68. The van der Waals surface area contributed by atoms with E-state index in [1.165, 1.54) is 0 Å². The Morgan fingerprint density at radius 2 is 2.18 bits per heavy atom. The SMILES string of the molecule is O=C(NCCS)C1OCCO1. The van der Waals surface area contributed by atoms with E-state index in [4.69, 9.17) is 9.47 Å². The van der Waals surface area contributed by atoms with Gasteiger partial charge < -0.3 is 14.8 Å². The van der Waals surface area contributed by atoms with Gasteiger partial charge in [-0.2, -0.15) is 12.6 Å². The normalized spacial score (nSPS) is 18.6. The fourth-order valence-corrected chi connectivity index (χ4v) is 0.884. The lowest BCUT2D eigenvalue weighted by atomic mass is 10.5. The average molecular weight is 177 g/mol. The molecular weight excluding hydrogens is 166 g/mol. The molecule has 11 heavy (non-hydrogen) atoms. The van der Waals surface area contributed by atoms with Gasteiger partial charge in [-0.15, -0.1) is 0 Å². The van der Waals surface area contributed by atoms with E-state index >= 15 is 0 Å². The monoisotopic (exact) mass is 177 g/mol. The van der Waals surface area contributed by atoms with Gasteiger partial charge in [-0.1, -0.05) is 0 Å². The standard InChI is InChI=1S/C6H11NO3S/c8-5(7-1-4-11)6-9-2-3-10-6/h6,11H,1-4H2,(H,7,8). The van der Waals surface area contributed by atoms with Gasteiger partial charge in [0.1, 0.15) is 0 Å². The van der Waals surface area contributed by atoms with Crippen LogP contribution in [0.2, 0.25) is 0 Å². The Balaban J connectivity index is 2.17. The van der Waals surface area contributed by atoms with Crippen molar-refractivity contribution in [3.05, 3.63) is 0 Å². The summed E-state index contributed by atoms with van der Waals surface area (Å²) in [7, 11) is 0. The highest BCUT2D eigenvalue weighted by Gasteiger charge is 2.23. The largest absolute Gasteiger partial charge is 0.351 e. The van der Waals surface area contributed by atoms with Crippen LogP contribution in [0.1, 0.15) is 0 Å². The molecule has 0 radical (unpaired) electrons. The molecular formula is C6H11NO3S. The van der Waals surface area contributed by atoms with Crippen molar-refractivity contribution >= 4 is 18.5 Å². The number of hydrogen-bond donors (Lipinski definition) is 2. The van der Waals surface area contributed by atoms with Gasteiger partial charge in [0.25, 0.3) is 5.91 Å². The van der Waals surface area contributed by atoms with Crippen LogP contribution >= 0.6 is 12.6 Å². The Bertz CT molecular complexity index is 136. The minimum Gasteiger partial charge on any atom is -0.351 e. The molecule has 1 rings (SSSR count). The molecule has 1 aliphatic rings. The maximum atomic E-state index is 11.0. The summed E-state index contributed by atoms with van der Waals surface area (Å²) in [5.41, 5.74) is 0. The number of hydrogen-bond acceptors (Lipinski definition) is 4. The second-order valence-electron chi connectivity index (χ2n) is 2.09. The van der Waals surface area contributed by atoms with Gasteiger partial charge in [0.2, 0.25) is 6.29 Å². The van der Waals surface area contributed by atoms with Crippen LogP contribution in [0.4, 0.5) is 0 Å². The summed E-state index contributed by atoms with van der Waals surface area (Å²) in [5.74, 6) is 0.412. The first-order valence-corrected chi connectivity index (χ1v) is 4.09. The van der Waals surface area contributed by atoms with Crippen LogP contribution < -0.4 is 5.32 Å². The molecule has 0 saturated carbocycles.